The Morgan fingerprint density at radius 1 is 1.08 bits per heavy atom. The number of rotatable bonds is 7. The van der Waals surface area contributed by atoms with Crippen molar-refractivity contribution in [1.82, 2.24) is 10.3 Å². The number of aromatic nitrogens is 1. The van der Waals surface area contributed by atoms with E-state index in [1.54, 1.807) is 0 Å². The summed E-state index contributed by atoms with van der Waals surface area (Å²) in [4.78, 5) is 17.7. The number of hydrogen-bond acceptors (Lipinski definition) is 2. The van der Waals surface area contributed by atoms with Gasteiger partial charge in [0, 0.05) is 36.2 Å². The molecule has 0 aliphatic carbocycles. The number of carbonyl (C=O) groups is 1. The number of nitrogens with zero attached hydrogens (tertiary/aromatic N) is 1. The SMILES string of the molecule is CCN(CCCNC(=O)c1cc2ccccc2[nH]1)c1ccccc1. The predicted octanol–water partition coefficient (Wildman–Crippen LogP) is 3.81. The number of nitrogens with one attached hydrogen (secondary N) is 2. The Labute approximate surface area is 142 Å². The van der Waals surface area contributed by atoms with E-state index in [9.17, 15) is 4.79 Å². The largest absolute Gasteiger partial charge is 0.372 e. The lowest BCUT2D eigenvalue weighted by molar-refractivity contribution is 0.0949. The maximum absolute atomic E-state index is 12.2. The number of carbonyl (C=O) groups excluding carboxylic acids is 1. The van der Waals surface area contributed by atoms with Crippen molar-refractivity contribution in [3.05, 3.63) is 66.4 Å². The molecule has 0 saturated carbocycles. The summed E-state index contributed by atoms with van der Waals surface area (Å²) in [5.74, 6) is -0.0473. The molecule has 0 atom stereocenters. The number of para-hydroxylation sites is 2. The van der Waals surface area contributed by atoms with E-state index < -0.39 is 0 Å². The number of amides is 1. The molecule has 24 heavy (non-hydrogen) atoms. The Bertz CT molecular complexity index is 762. The molecule has 1 heterocycles. The minimum Gasteiger partial charge on any atom is -0.372 e. The maximum Gasteiger partial charge on any atom is 0.267 e. The maximum atomic E-state index is 12.2. The van der Waals surface area contributed by atoms with E-state index in [1.807, 2.05) is 36.4 Å². The van der Waals surface area contributed by atoms with Gasteiger partial charge in [0.05, 0.1) is 0 Å². The lowest BCUT2D eigenvalue weighted by Crippen LogP contribution is -2.30. The second-order valence-electron chi connectivity index (χ2n) is 5.79. The van der Waals surface area contributed by atoms with E-state index in [0.29, 0.717) is 12.2 Å². The van der Waals surface area contributed by atoms with E-state index in [1.165, 1.54) is 5.69 Å². The van der Waals surface area contributed by atoms with E-state index in [0.717, 1.165) is 30.4 Å². The van der Waals surface area contributed by atoms with Crippen LogP contribution < -0.4 is 10.2 Å². The highest BCUT2D eigenvalue weighted by Gasteiger charge is 2.09. The molecule has 0 saturated heterocycles. The number of aromatic amines is 1. The summed E-state index contributed by atoms with van der Waals surface area (Å²) >= 11 is 0. The third kappa shape index (κ3) is 3.77. The molecule has 0 spiro atoms. The Balaban J connectivity index is 1.50. The lowest BCUT2D eigenvalue weighted by Gasteiger charge is -2.23. The standard InChI is InChI=1S/C20H23N3O/c1-2-23(17-10-4-3-5-11-17)14-8-13-21-20(24)19-15-16-9-6-7-12-18(16)22-19/h3-7,9-12,15,22H,2,8,13-14H2,1H3,(H,21,24). The first kappa shape index (κ1) is 16.1. The molecule has 0 fully saturated rings. The van der Waals surface area contributed by atoms with Crippen LogP contribution in [0.4, 0.5) is 5.69 Å². The van der Waals surface area contributed by atoms with Crippen LogP contribution in [0.5, 0.6) is 0 Å². The molecule has 0 aliphatic rings. The second-order valence-corrected chi connectivity index (χ2v) is 5.79. The van der Waals surface area contributed by atoms with Crippen LogP contribution in [0.15, 0.2) is 60.7 Å². The van der Waals surface area contributed by atoms with Gasteiger partial charge in [-0.25, -0.2) is 0 Å². The molecule has 0 radical (unpaired) electrons. The van der Waals surface area contributed by atoms with Crippen molar-refractivity contribution >= 4 is 22.5 Å². The molecule has 124 valence electrons. The second kappa shape index (κ2) is 7.68. The Hall–Kier alpha value is -2.75. The van der Waals surface area contributed by atoms with Gasteiger partial charge in [-0.1, -0.05) is 36.4 Å². The van der Waals surface area contributed by atoms with Crippen LogP contribution in [0.3, 0.4) is 0 Å². The summed E-state index contributed by atoms with van der Waals surface area (Å²) in [6.07, 6.45) is 0.911. The fraction of sp³-hybridized carbons (Fsp3) is 0.250. The molecule has 1 amide bonds. The van der Waals surface area contributed by atoms with Crippen LogP contribution >= 0.6 is 0 Å². The molecule has 4 nitrogen and oxygen atoms in total. The van der Waals surface area contributed by atoms with Crippen molar-refractivity contribution in [2.75, 3.05) is 24.5 Å². The molecule has 2 aromatic carbocycles. The molecule has 3 aromatic rings. The summed E-state index contributed by atoms with van der Waals surface area (Å²) in [7, 11) is 0. The minimum absolute atomic E-state index is 0.0473. The van der Waals surface area contributed by atoms with E-state index in [4.69, 9.17) is 0 Å². The Morgan fingerprint density at radius 2 is 1.83 bits per heavy atom. The predicted molar refractivity (Wildman–Crippen MR) is 99.6 cm³/mol. The van der Waals surface area contributed by atoms with E-state index in [2.05, 4.69) is 46.4 Å². The summed E-state index contributed by atoms with van der Waals surface area (Å²) in [6.45, 7) is 4.70. The van der Waals surface area contributed by atoms with Gasteiger partial charge in [-0.2, -0.15) is 0 Å². The van der Waals surface area contributed by atoms with Crippen molar-refractivity contribution < 1.29 is 4.79 Å². The molecular weight excluding hydrogens is 298 g/mol. The Morgan fingerprint density at radius 3 is 2.58 bits per heavy atom. The third-order valence-corrected chi connectivity index (χ3v) is 4.17. The number of anilines is 1. The third-order valence-electron chi connectivity index (χ3n) is 4.17. The van der Waals surface area contributed by atoms with Gasteiger partial charge in [0.25, 0.3) is 5.91 Å². The summed E-state index contributed by atoms with van der Waals surface area (Å²) in [6, 6.07) is 20.2. The molecular formula is C20H23N3O. The van der Waals surface area contributed by atoms with E-state index >= 15 is 0 Å². The highest BCUT2D eigenvalue weighted by atomic mass is 16.1. The van der Waals surface area contributed by atoms with Gasteiger partial charge in [0.15, 0.2) is 0 Å². The molecule has 4 heteroatoms. The molecule has 0 bridgehead atoms. The van der Waals surface area contributed by atoms with Crippen molar-refractivity contribution in [3.8, 4) is 0 Å². The number of fused-ring (bicyclic) bond motifs is 1. The molecule has 0 aliphatic heterocycles. The van der Waals surface area contributed by atoms with Crippen LogP contribution in [0.2, 0.25) is 0 Å². The van der Waals surface area contributed by atoms with Gasteiger partial charge in [0.2, 0.25) is 0 Å². The monoisotopic (exact) mass is 321 g/mol. The molecule has 0 unspecified atom stereocenters. The smallest absolute Gasteiger partial charge is 0.267 e. The van der Waals surface area contributed by atoms with Gasteiger partial charge in [-0.05, 0) is 37.6 Å². The fourth-order valence-electron chi connectivity index (χ4n) is 2.87. The quantitative estimate of drug-likeness (QED) is 0.650. The number of H-pyrrole nitrogens is 1. The van der Waals surface area contributed by atoms with Gasteiger partial charge >= 0.3 is 0 Å². The lowest BCUT2D eigenvalue weighted by atomic mass is 10.2. The first-order valence-corrected chi connectivity index (χ1v) is 8.44. The van der Waals surface area contributed by atoms with Crippen molar-refractivity contribution in [2.24, 2.45) is 0 Å². The zero-order valence-corrected chi connectivity index (χ0v) is 14.0. The average molecular weight is 321 g/mol. The first-order chi connectivity index (χ1) is 11.8. The highest BCUT2D eigenvalue weighted by Crippen LogP contribution is 2.15. The Kier molecular flexibility index (Phi) is 5.16. The first-order valence-electron chi connectivity index (χ1n) is 8.44. The number of hydrogen-bond donors (Lipinski definition) is 2. The average Bonchev–Trinajstić information content (AvgIpc) is 3.06. The molecule has 2 N–H and O–H groups in total. The van der Waals surface area contributed by atoms with Crippen LogP contribution in [-0.4, -0.2) is 30.5 Å². The van der Waals surface area contributed by atoms with Gasteiger partial charge in [-0.15, -0.1) is 0 Å². The van der Waals surface area contributed by atoms with Crippen molar-refractivity contribution in [2.45, 2.75) is 13.3 Å². The van der Waals surface area contributed by atoms with Crippen molar-refractivity contribution in [3.63, 3.8) is 0 Å². The molecule has 1 aromatic heterocycles. The molecule has 3 rings (SSSR count). The zero-order valence-electron chi connectivity index (χ0n) is 14.0. The van der Waals surface area contributed by atoms with Crippen LogP contribution in [0.25, 0.3) is 10.9 Å². The summed E-state index contributed by atoms with van der Waals surface area (Å²) < 4.78 is 0. The van der Waals surface area contributed by atoms with Crippen LogP contribution in [0.1, 0.15) is 23.8 Å². The fourth-order valence-corrected chi connectivity index (χ4v) is 2.87. The van der Waals surface area contributed by atoms with Crippen molar-refractivity contribution in [1.29, 1.82) is 0 Å². The van der Waals surface area contributed by atoms with E-state index in [-0.39, 0.29) is 5.91 Å². The summed E-state index contributed by atoms with van der Waals surface area (Å²) in [5.41, 5.74) is 2.83. The van der Waals surface area contributed by atoms with Gasteiger partial charge in [0.1, 0.15) is 5.69 Å². The van der Waals surface area contributed by atoms with Gasteiger partial charge < -0.3 is 15.2 Å². The normalized spacial score (nSPS) is 10.7. The van der Waals surface area contributed by atoms with Gasteiger partial charge in [-0.3, -0.25) is 4.79 Å². The summed E-state index contributed by atoms with van der Waals surface area (Å²) in [5, 5.41) is 4.05. The zero-order chi connectivity index (χ0) is 16.8. The number of benzene rings is 2. The van der Waals surface area contributed by atoms with Crippen LogP contribution in [-0.2, 0) is 0 Å². The van der Waals surface area contributed by atoms with Crippen LogP contribution in [0, 0.1) is 0 Å². The topological polar surface area (TPSA) is 48.1 Å². The minimum atomic E-state index is -0.0473. The highest BCUT2D eigenvalue weighted by molar-refractivity contribution is 5.97.